The summed E-state index contributed by atoms with van der Waals surface area (Å²) in [5.74, 6) is -1.85. The van der Waals surface area contributed by atoms with Gasteiger partial charge in [0.1, 0.15) is 5.82 Å². The average Bonchev–Trinajstić information content (AvgIpc) is 2.55. The van der Waals surface area contributed by atoms with Crippen molar-refractivity contribution in [2.75, 3.05) is 5.32 Å². The van der Waals surface area contributed by atoms with E-state index in [0.29, 0.717) is 4.47 Å². The van der Waals surface area contributed by atoms with Crippen molar-refractivity contribution in [2.45, 2.75) is 20.0 Å². The number of hydrogen-bond donors (Lipinski definition) is 1. The Kier molecular flexibility index (Phi) is 6.47. The molecule has 0 radical (unpaired) electrons. The summed E-state index contributed by atoms with van der Waals surface area (Å²) in [4.78, 5) is 23.8. The molecule has 0 aliphatic heterocycles. The Morgan fingerprint density at radius 1 is 1.24 bits per heavy atom. The van der Waals surface area contributed by atoms with Gasteiger partial charge in [-0.2, -0.15) is 0 Å². The topological polar surface area (TPSA) is 55.4 Å². The van der Waals surface area contributed by atoms with Crippen LogP contribution >= 0.6 is 15.9 Å². The summed E-state index contributed by atoms with van der Waals surface area (Å²) in [6.07, 6.45) is 1.80. The lowest BCUT2D eigenvalue weighted by molar-refractivity contribution is -0.148. The maximum atomic E-state index is 13.7. The number of hydrogen-bond acceptors (Lipinski definition) is 3. The molecule has 4 nitrogen and oxygen atoms in total. The third kappa shape index (κ3) is 5.83. The van der Waals surface area contributed by atoms with Gasteiger partial charge in [-0.3, -0.25) is 4.79 Å². The molecular formula is C19H17BrFNO3. The van der Waals surface area contributed by atoms with Crippen molar-refractivity contribution in [1.29, 1.82) is 0 Å². The Morgan fingerprint density at radius 2 is 2.00 bits per heavy atom. The number of ether oxygens (including phenoxy) is 1. The molecule has 0 aliphatic carbocycles. The largest absolute Gasteiger partial charge is 0.449 e. The van der Waals surface area contributed by atoms with Crippen LogP contribution < -0.4 is 5.32 Å². The van der Waals surface area contributed by atoms with Gasteiger partial charge in [-0.1, -0.05) is 45.8 Å². The van der Waals surface area contributed by atoms with Crippen LogP contribution in [0.4, 0.5) is 10.1 Å². The summed E-state index contributed by atoms with van der Waals surface area (Å²) in [6, 6.07) is 11.8. The van der Waals surface area contributed by atoms with Crippen molar-refractivity contribution in [3.05, 3.63) is 70.0 Å². The lowest BCUT2D eigenvalue weighted by Crippen LogP contribution is -2.29. The number of aryl methyl sites for hydroxylation is 1. The standard InChI is InChI=1S/C19H17BrFNO3/c1-12-4-3-5-14(10-12)6-9-18(23)25-13(2)19(24)22-17-8-7-15(20)11-16(17)21/h3-11,13H,1-2H3,(H,22,24)/b9-6+/t13-/m0/s1. The first-order valence-corrected chi connectivity index (χ1v) is 8.36. The first-order valence-electron chi connectivity index (χ1n) is 7.56. The molecule has 2 rings (SSSR count). The first-order chi connectivity index (χ1) is 11.8. The van der Waals surface area contributed by atoms with Gasteiger partial charge in [-0.25, -0.2) is 9.18 Å². The summed E-state index contributed by atoms with van der Waals surface area (Å²) in [6.45, 7) is 3.37. The van der Waals surface area contributed by atoms with Crippen LogP contribution in [0.2, 0.25) is 0 Å². The molecule has 0 saturated heterocycles. The molecule has 1 N–H and O–H groups in total. The van der Waals surface area contributed by atoms with Crippen molar-refractivity contribution < 1.29 is 18.7 Å². The van der Waals surface area contributed by atoms with E-state index in [2.05, 4.69) is 21.2 Å². The van der Waals surface area contributed by atoms with E-state index in [1.54, 1.807) is 12.1 Å². The molecule has 6 heteroatoms. The maximum absolute atomic E-state index is 13.7. The highest BCUT2D eigenvalue weighted by molar-refractivity contribution is 9.10. The number of benzene rings is 2. The highest BCUT2D eigenvalue weighted by atomic mass is 79.9. The van der Waals surface area contributed by atoms with Gasteiger partial charge >= 0.3 is 5.97 Å². The molecule has 0 heterocycles. The van der Waals surface area contributed by atoms with Gasteiger partial charge in [0, 0.05) is 10.5 Å². The SMILES string of the molecule is Cc1cccc(/C=C/C(=O)O[C@@H](C)C(=O)Nc2ccc(Br)cc2F)c1. The number of carbonyl (C=O) groups excluding carboxylic acids is 2. The molecule has 1 amide bonds. The van der Waals surface area contributed by atoms with Crippen LogP contribution in [-0.4, -0.2) is 18.0 Å². The molecule has 0 saturated carbocycles. The number of esters is 1. The van der Waals surface area contributed by atoms with E-state index >= 15 is 0 Å². The zero-order chi connectivity index (χ0) is 18.4. The number of halogens is 2. The molecular weight excluding hydrogens is 389 g/mol. The van der Waals surface area contributed by atoms with E-state index in [1.807, 2.05) is 31.2 Å². The van der Waals surface area contributed by atoms with Gasteiger partial charge in [0.05, 0.1) is 5.69 Å². The predicted molar refractivity (Wildman–Crippen MR) is 98.5 cm³/mol. The molecule has 0 aliphatic rings. The predicted octanol–water partition coefficient (Wildman–Crippen LogP) is 4.48. The van der Waals surface area contributed by atoms with Crippen molar-refractivity contribution in [2.24, 2.45) is 0 Å². The molecule has 1 atom stereocenters. The van der Waals surface area contributed by atoms with E-state index < -0.39 is 23.8 Å². The third-order valence-electron chi connectivity index (χ3n) is 3.31. The zero-order valence-corrected chi connectivity index (χ0v) is 15.3. The quantitative estimate of drug-likeness (QED) is 0.589. The Balaban J connectivity index is 1.92. The van der Waals surface area contributed by atoms with Crippen molar-refractivity contribution >= 4 is 39.6 Å². The lowest BCUT2D eigenvalue weighted by Gasteiger charge is -2.13. The van der Waals surface area contributed by atoms with Gasteiger partial charge in [0.25, 0.3) is 5.91 Å². The number of rotatable bonds is 5. The van der Waals surface area contributed by atoms with Crippen LogP contribution in [0.1, 0.15) is 18.1 Å². The smallest absolute Gasteiger partial charge is 0.331 e. The lowest BCUT2D eigenvalue weighted by atomic mass is 10.1. The van der Waals surface area contributed by atoms with Gasteiger partial charge in [-0.15, -0.1) is 0 Å². The normalized spacial score (nSPS) is 12.0. The van der Waals surface area contributed by atoms with E-state index in [1.165, 1.54) is 25.1 Å². The molecule has 0 fully saturated rings. The summed E-state index contributed by atoms with van der Waals surface area (Å²) >= 11 is 3.14. The minimum absolute atomic E-state index is 0.0198. The van der Waals surface area contributed by atoms with Crippen LogP contribution in [0.15, 0.2) is 53.0 Å². The zero-order valence-electron chi connectivity index (χ0n) is 13.8. The maximum Gasteiger partial charge on any atom is 0.331 e. The monoisotopic (exact) mass is 405 g/mol. The fourth-order valence-electron chi connectivity index (χ4n) is 2.03. The van der Waals surface area contributed by atoms with Gasteiger partial charge in [-0.05, 0) is 43.7 Å². The summed E-state index contributed by atoms with van der Waals surface area (Å²) < 4.78 is 19.3. The number of nitrogens with one attached hydrogen (secondary N) is 1. The third-order valence-corrected chi connectivity index (χ3v) is 3.80. The fourth-order valence-corrected chi connectivity index (χ4v) is 2.36. The second kappa shape index (κ2) is 8.58. The van der Waals surface area contributed by atoms with Crippen molar-refractivity contribution in [1.82, 2.24) is 0 Å². The minimum atomic E-state index is -1.06. The van der Waals surface area contributed by atoms with E-state index in [9.17, 15) is 14.0 Å². The Labute approximate surface area is 153 Å². The highest BCUT2D eigenvalue weighted by Crippen LogP contribution is 2.19. The Bertz CT molecular complexity index is 820. The molecule has 2 aromatic carbocycles. The van der Waals surface area contributed by atoms with Gasteiger partial charge in [0.2, 0.25) is 0 Å². The Hall–Kier alpha value is -2.47. The molecule has 2 aromatic rings. The second-order valence-electron chi connectivity index (χ2n) is 5.44. The fraction of sp³-hybridized carbons (Fsp3) is 0.158. The summed E-state index contributed by atoms with van der Waals surface area (Å²) in [7, 11) is 0. The van der Waals surface area contributed by atoms with Crippen LogP contribution in [0.3, 0.4) is 0 Å². The summed E-state index contributed by atoms with van der Waals surface area (Å²) in [5, 5.41) is 2.39. The summed E-state index contributed by atoms with van der Waals surface area (Å²) in [5.41, 5.74) is 1.94. The second-order valence-corrected chi connectivity index (χ2v) is 6.36. The number of anilines is 1. The van der Waals surface area contributed by atoms with Gasteiger partial charge in [0.15, 0.2) is 6.10 Å². The van der Waals surface area contributed by atoms with E-state index in [-0.39, 0.29) is 5.69 Å². The molecule has 0 unspecified atom stereocenters. The molecule has 0 aromatic heterocycles. The molecule has 0 spiro atoms. The first kappa shape index (κ1) is 18.9. The Morgan fingerprint density at radius 3 is 2.68 bits per heavy atom. The van der Waals surface area contributed by atoms with Crippen LogP contribution in [0, 0.1) is 12.7 Å². The van der Waals surface area contributed by atoms with Crippen molar-refractivity contribution in [3.8, 4) is 0 Å². The van der Waals surface area contributed by atoms with Crippen LogP contribution in [-0.2, 0) is 14.3 Å². The molecule has 0 bridgehead atoms. The van der Waals surface area contributed by atoms with Crippen LogP contribution in [0.5, 0.6) is 0 Å². The average molecular weight is 406 g/mol. The van der Waals surface area contributed by atoms with Gasteiger partial charge < -0.3 is 10.1 Å². The van der Waals surface area contributed by atoms with E-state index in [0.717, 1.165) is 11.1 Å². The number of carbonyl (C=O) groups is 2. The minimum Gasteiger partial charge on any atom is -0.449 e. The highest BCUT2D eigenvalue weighted by Gasteiger charge is 2.18. The molecule has 25 heavy (non-hydrogen) atoms. The molecule has 130 valence electrons. The van der Waals surface area contributed by atoms with Crippen molar-refractivity contribution in [3.63, 3.8) is 0 Å². The van der Waals surface area contributed by atoms with Crippen LogP contribution in [0.25, 0.3) is 6.08 Å². The number of amides is 1. The van der Waals surface area contributed by atoms with E-state index in [4.69, 9.17) is 4.74 Å².